The number of nitro groups is 1. The summed E-state index contributed by atoms with van der Waals surface area (Å²) in [6, 6.07) is 4.24. The second kappa shape index (κ2) is 7.55. The predicted octanol–water partition coefficient (Wildman–Crippen LogP) is 1.32. The molecule has 0 unspecified atom stereocenters. The van der Waals surface area contributed by atoms with Crippen LogP contribution in [0.1, 0.15) is 40.8 Å². The zero-order chi connectivity index (χ0) is 19.7. The molecule has 10 heteroatoms. The Morgan fingerprint density at radius 3 is 2.79 bits per heavy atom. The summed E-state index contributed by atoms with van der Waals surface area (Å²) in [7, 11) is 1.47. The van der Waals surface area contributed by atoms with Gasteiger partial charge in [0.25, 0.3) is 11.6 Å². The van der Waals surface area contributed by atoms with Gasteiger partial charge in [0.05, 0.1) is 18.6 Å². The number of hydrogen-bond acceptors (Lipinski definition) is 7. The molecule has 4 rings (SSSR count). The number of benzene rings is 1. The van der Waals surface area contributed by atoms with Crippen molar-refractivity contribution in [2.75, 3.05) is 26.7 Å². The van der Waals surface area contributed by atoms with Crippen molar-refractivity contribution in [1.29, 1.82) is 0 Å². The zero-order valence-corrected chi connectivity index (χ0v) is 15.6. The molecule has 3 heterocycles. The first kappa shape index (κ1) is 18.4. The molecule has 148 valence electrons. The number of likely N-dealkylation sites (tertiary alicyclic amines) is 1. The van der Waals surface area contributed by atoms with E-state index in [1.165, 1.54) is 25.3 Å². The molecule has 1 aromatic heterocycles. The Balaban J connectivity index is 1.49. The minimum Gasteiger partial charge on any atom is -0.497 e. The predicted molar refractivity (Wildman–Crippen MR) is 99.3 cm³/mol. The number of methoxy groups -OCH3 is 1. The number of nitrogens with zero attached hydrogens (tertiary/aromatic N) is 5. The fourth-order valence-corrected chi connectivity index (χ4v) is 3.90. The van der Waals surface area contributed by atoms with E-state index in [9.17, 15) is 14.9 Å². The van der Waals surface area contributed by atoms with Crippen LogP contribution in [-0.2, 0) is 13.1 Å². The maximum atomic E-state index is 12.9. The Morgan fingerprint density at radius 2 is 2.07 bits per heavy atom. The van der Waals surface area contributed by atoms with Gasteiger partial charge in [-0.2, -0.15) is 0 Å². The monoisotopic (exact) mass is 386 g/mol. The highest BCUT2D eigenvalue weighted by Crippen LogP contribution is 2.31. The molecule has 28 heavy (non-hydrogen) atoms. The van der Waals surface area contributed by atoms with Crippen LogP contribution in [0.2, 0.25) is 0 Å². The lowest BCUT2D eigenvalue weighted by Crippen LogP contribution is -2.39. The molecular formula is C18H22N6O4. The molecule has 10 nitrogen and oxygen atoms in total. The molecule has 0 radical (unpaired) electrons. The molecule has 2 aliphatic heterocycles. The van der Waals surface area contributed by atoms with Gasteiger partial charge in [-0.15, -0.1) is 10.2 Å². The summed E-state index contributed by atoms with van der Waals surface area (Å²) < 4.78 is 7.30. The number of hydrogen-bond donors (Lipinski definition) is 1. The smallest absolute Gasteiger partial charge is 0.282 e. The molecule has 0 atom stereocenters. The number of carbonyl (C=O) groups is 1. The topological polar surface area (TPSA) is 115 Å². The maximum absolute atomic E-state index is 12.9. The van der Waals surface area contributed by atoms with Gasteiger partial charge in [0, 0.05) is 38.2 Å². The largest absolute Gasteiger partial charge is 0.497 e. The van der Waals surface area contributed by atoms with Crippen molar-refractivity contribution in [2.45, 2.75) is 31.8 Å². The van der Waals surface area contributed by atoms with E-state index in [-0.39, 0.29) is 23.1 Å². The molecule has 1 aromatic carbocycles. The van der Waals surface area contributed by atoms with E-state index in [4.69, 9.17) is 4.74 Å². The Morgan fingerprint density at radius 1 is 1.29 bits per heavy atom. The van der Waals surface area contributed by atoms with Crippen LogP contribution < -0.4 is 10.1 Å². The van der Waals surface area contributed by atoms with Crippen LogP contribution in [0, 0.1) is 10.1 Å². The van der Waals surface area contributed by atoms with E-state index in [0.717, 1.165) is 44.1 Å². The van der Waals surface area contributed by atoms with E-state index in [0.29, 0.717) is 18.8 Å². The Kier molecular flexibility index (Phi) is 4.95. The summed E-state index contributed by atoms with van der Waals surface area (Å²) in [5, 5.41) is 23.2. The lowest BCUT2D eigenvalue weighted by atomic mass is 9.95. The molecular weight excluding hydrogens is 364 g/mol. The standard InChI is InChI=1S/C18H22N6O4/c1-28-13-2-3-15(24(26)27)14(10-13)18(25)22-7-4-12(5-8-22)17-21-20-16-11-19-6-9-23(16)17/h2-3,10,12,19H,4-9,11H2,1H3. The van der Waals surface area contributed by atoms with Crippen LogP contribution >= 0.6 is 0 Å². The second-order valence-corrected chi connectivity index (χ2v) is 7.01. The Labute approximate surface area is 161 Å². The van der Waals surface area contributed by atoms with Crippen molar-refractivity contribution in [3.05, 3.63) is 45.5 Å². The highest BCUT2D eigenvalue weighted by molar-refractivity contribution is 5.98. The molecule has 1 N–H and O–H groups in total. The first-order valence-electron chi connectivity index (χ1n) is 9.33. The van der Waals surface area contributed by atoms with E-state index in [1.54, 1.807) is 4.90 Å². The van der Waals surface area contributed by atoms with E-state index >= 15 is 0 Å². The molecule has 0 bridgehead atoms. The maximum Gasteiger partial charge on any atom is 0.282 e. The summed E-state index contributed by atoms with van der Waals surface area (Å²) in [6.07, 6.45) is 1.52. The highest BCUT2D eigenvalue weighted by atomic mass is 16.6. The lowest BCUT2D eigenvalue weighted by molar-refractivity contribution is -0.385. The number of rotatable bonds is 4. The minimum absolute atomic E-state index is 0.0636. The normalized spacial score (nSPS) is 17.2. The fraction of sp³-hybridized carbons (Fsp3) is 0.500. The van der Waals surface area contributed by atoms with Crippen LogP contribution in [0.5, 0.6) is 5.75 Å². The molecule has 2 aromatic rings. The second-order valence-electron chi connectivity index (χ2n) is 7.01. The average molecular weight is 386 g/mol. The number of aromatic nitrogens is 3. The highest BCUT2D eigenvalue weighted by Gasteiger charge is 2.31. The van der Waals surface area contributed by atoms with Crippen LogP contribution in [0.15, 0.2) is 18.2 Å². The Bertz CT molecular complexity index is 903. The summed E-state index contributed by atoms with van der Waals surface area (Å²) in [4.78, 5) is 25.4. The molecule has 1 saturated heterocycles. The summed E-state index contributed by atoms with van der Waals surface area (Å²) >= 11 is 0. The summed E-state index contributed by atoms with van der Waals surface area (Å²) in [5.74, 6) is 2.26. The quantitative estimate of drug-likeness (QED) is 0.622. The van der Waals surface area contributed by atoms with Gasteiger partial charge in [-0.1, -0.05) is 0 Å². The number of nitro benzene ring substituents is 1. The van der Waals surface area contributed by atoms with E-state index < -0.39 is 4.92 Å². The van der Waals surface area contributed by atoms with E-state index in [2.05, 4.69) is 20.1 Å². The van der Waals surface area contributed by atoms with Gasteiger partial charge < -0.3 is 19.5 Å². The third kappa shape index (κ3) is 3.31. The van der Waals surface area contributed by atoms with Gasteiger partial charge in [0.1, 0.15) is 23.0 Å². The van der Waals surface area contributed by atoms with Crippen molar-refractivity contribution < 1.29 is 14.5 Å². The molecule has 1 amide bonds. The van der Waals surface area contributed by atoms with Crippen molar-refractivity contribution in [3.63, 3.8) is 0 Å². The number of nitrogens with one attached hydrogen (secondary N) is 1. The third-order valence-electron chi connectivity index (χ3n) is 5.43. The number of carbonyl (C=O) groups excluding carboxylic acids is 1. The van der Waals surface area contributed by atoms with E-state index in [1.807, 2.05) is 0 Å². The van der Waals surface area contributed by atoms with Crippen LogP contribution in [-0.4, -0.2) is 57.2 Å². The van der Waals surface area contributed by atoms with Crippen molar-refractivity contribution in [3.8, 4) is 5.75 Å². The number of ether oxygens (including phenoxy) is 1. The first-order valence-corrected chi connectivity index (χ1v) is 9.33. The molecule has 0 spiro atoms. The van der Waals surface area contributed by atoms with Gasteiger partial charge in [-0.25, -0.2) is 0 Å². The first-order chi connectivity index (χ1) is 13.6. The van der Waals surface area contributed by atoms with Crippen molar-refractivity contribution in [1.82, 2.24) is 25.0 Å². The van der Waals surface area contributed by atoms with Crippen molar-refractivity contribution >= 4 is 11.6 Å². The Hall–Kier alpha value is -3.01. The SMILES string of the molecule is COc1ccc([N+](=O)[O-])c(C(=O)N2CCC(c3nnc4n3CCNC4)CC2)c1. The van der Waals surface area contributed by atoms with Gasteiger partial charge >= 0.3 is 0 Å². The summed E-state index contributed by atoms with van der Waals surface area (Å²) in [6.45, 7) is 3.53. The van der Waals surface area contributed by atoms with Crippen LogP contribution in [0.3, 0.4) is 0 Å². The summed E-state index contributed by atoms with van der Waals surface area (Å²) in [5.41, 5.74) is -0.138. The number of amides is 1. The van der Waals surface area contributed by atoms with Gasteiger partial charge in [-0.05, 0) is 25.0 Å². The van der Waals surface area contributed by atoms with Gasteiger partial charge in [0.15, 0.2) is 0 Å². The lowest BCUT2D eigenvalue weighted by Gasteiger charge is -2.32. The molecule has 0 saturated carbocycles. The molecule has 0 aliphatic carbocycles. The number of piperidine rings is 1. The molecule has 2 aliphatic rings. The number of fused-ring (bicyclic) bond motifs is 1. The minimum atomic E-state index is -0.532. The zero-order valence-electron chi connectivity index (χ0n) is 15.6. The van der Waals surface area contributed by atoms with Crippen LogP contribution in [0.4, 0.5) is 5.69 Å². The average Bonchev–Trinajstić information content (AvgIpc) is 3.17. The van der Waals surface area contributed by atoms with Crippen LogP contribution in [0.25, 0.3) is 0 Å². The molecule has 1 fully saturated rings. The third-order valence-corrected chi connectivity index (χ3v) is 5.43. The van der Waals surface area contributed by atoms with Gasteiger partial charge in [0.2, 0.25) is 0 Å². The van der Waals surface area contributed by atoms with Crippen molar-refractivity contribution in [2.24, 2.45) is 0 Å². The fourth-order valence-electron chi connectivity index (χ4n) is 3.90. The van der Waals surface area contributed by atoms with Gasteiger partial charge in [-0.3, -0.25) is 14.9 Å².